The lowest BCUT2D eigenvalue weighted by Crippen LogP contribution is -1.70. The molecule has 0 saturated carbocycles. The summed E-state index contributed by atoms with van der Waals surface area (Å²) in [6, 6.07) is 5.98. The van der Waals surface area contributed by atoms with Crippen LogP contribution in [-0.4, -0.2) is 11.2 Å². The van der Waals surface area contributed by atoms with E-state index in [1.807, 2.05) is 12.1 Å². The van der Waals surface area contributed by atoms with E-state index in [1.54, 1.807) is 11.8 Å². The van der Waals surface area contributed by atoms with E-state index in [0.717, 1.165) is 10.5 Å². The van der Waals surface area contributed by atoms with E-state index < -0.39 is 0 Å². The smallest absolute Gasteiger partial charge is 0.0657 e. The second-order valence-electron chi connectivity index (χ2n) is 2.95. The van der Waals surface area contributed by atoms with Crippen molar-refractivity contribution >= 4 is 34.3 Å². The van der Waals surface area contributed by atoms with Gasteiger partial charge in [0.1, 0.15) is 0 Å². The zero-order chi connectivity index (χ0) is 9.42. The largest absolute Gasteiger partial charge is 0.356 e. The molecule has 0 aliphatic carbocycles. The van der Waals surface area contributed by atoms with Crippen molar-refractivity contribution in [3.05, 3.63) is 28.9 Å². The van der Waals surface area contributed by atoms with Crippen molar-refractivity contribution in [1.82, 2.24) is 4.98 Å². The summed E-state index contributed by atoms with van der Waals surface area (Å²) in [5.74, 6) is 0. The number of hydrogen-bond donors (Lipinski definition) is 1. The van der Waals surface area contributed by atoms with Crippen LogP contribution in [0.3, 0.4) is 0 Å². The summed E-state index contributed by atoms with van der Waals surface area (Å²) in [4.78, 5) is 4.58. The van der Waals surface area contributed by atoms with Gasteiger partial charge in [0.15, 0.2) is 0 Å². The van der Waals surface area contributed by atoms with E-state index >= 15 is 0 Å². The molecule has 1 heterocycles. The van der Waals surface area contributed by atoms with Gasteiger partial charge in [0, 0.05) is 16.0 Å². The summed E-state index contributed by atoms with van der Waals surface area (Å²) in [5, 5.41) is 2.01. The monoisotopic (exact) mass is 211 g/mol. The predicted molar refractivity (Wildman–Crippen MR) is 59.8 cm³/mol. The second-order valence-corrected chi connectivity index (χ2v) is 4.17. The Kier molecular flexibility index (Phi) is 2.26. The first-order valence-electron chi connectivity index (χ1n) is 4.05. The van der Waals surface area contributed by atoms with Crippen LogP contribution in [0.5, 0.6) is 0 Å². The molecule has 1 aromatic heterocycles. The lowest BCUT2D eigenvalue weighted by Gasteiger charge is -1.94. The van der Waals surface area contributed by atoms with Gasteiger partial charge in [-0.2, -0.15) is 0 Å². The first-order valence-corrected chi connectivity index (χ1v) is 5.65. The van der Waals surface area contributed by atoms with Crippen molar-refractivity contribution < 1.29 is 0 Å². The molecule has 0 radical (unpaired) electrons. The fourth-order valence-electron chi connectivity index (χ4n) is 1.55. The highest BCUT2D eigenvalue weighted by molar-refractivity contribution is 7.98. The van der Waals surface area contributed by atoms with Crippen LogP contribution in [0, 0.1) is 6.92 Å². The van der Waals surface area contributed by atoms with Crippen molar-refractivity contribution in [2.75, 3.05) is 6.26 Å². The van der Waals surface area contributed by atoms with Crippen LogP contribution in [0.25, 0.3) is 10.9 Å². The molecule has 0 amide bonds. The van der Waals surface area contributed by atoms with Crippen molar-refractivity contribution in [2.24, 2.45) is 0 Å². The van der Waals surface area contributed by atoms with Crippen LogP contribution in [0.15, 0.2) is 23.1 Å². The summed E-state index contributed by atoms with van der Waals surface area (Å²) in [6.07, 6.45) is 2.08. The number of fused-ring (bicyclic) bond motifs is 1. The van der Waals surface area contributed by atoms with Gasteiger partial charge in [0.25, 0.3) is 0 Å². The van der Waals surface area contributed by atoms with Crippen molar-refractivity contribution in [2.45, 2.75) is 11.8 Å². The first-order chi connectivity index (χ1) is 6.24. The fourth-order valence-corrected chi connectivity index (χ4v) is 2.52. The molecular weight excluding hydrogens is 202 g/mol. The molecule has 0 atom stereocenters. The molecule has 0 aliphatic heterocycles. The molecule has 68 valence electrons. The third-order valence-corrected chi connectivity index (χ3v) is 3.36. The number of aromatic nitrogens is 1. The highest BCUT2D eigenvalue weighted by atomic mass is 35.5. The maximum Gasteiger partial charge on any atom is 0.0657 e. The maximum atomic E-state index is 6.06. The molecule has 0 fully saturated rings. The SMILES string of the molecule is CSc1c(C)[nH]c2c(Cl)cccc12. The maximum absolute atomic E-state index is 6.06. The van der Waals surface area contributed by atoms with Crippen LogP contribution >= 0.6 is 23.4 Å². The van der Waals surface area contributed by atoms with E-state index in [9.17, 15) is 0 Å². The zero-order valence-corrected chi connectivity index (χ0v) is 9.09. The molecule has 0 aliphatic rings. The van der Waals surface area contributed by atoms with E-state index in [1.165, 1.54) is 16.0 Å². The third kappa shape index (κ3) is 1.34. The lowest BCUT2D eigenvalue weighted by molar-refractivity contribution is 1.23. The Morgan fingerprint density at radius 2 is 2.15 bits per heavy atom. The number of nitrogens with one attached hydrogen (secondary N) is 1. The average molecular weight is 212 g/mol. The molecule has 2 rings (SSSR count). The number of aromatic amines is 1. The summed E-state index contributed by atoms with van der Waals surface area (Å²) in [6.45, 7) is 2.07. The van der Waals surface area contributed by atoms with E-state index in [-0.39, 0.29) is 0 Å². The third-order valence-electron chi connectivity index (χ3n) is 2.12. The zero-order valence-electron chi connectivity index (χ0n) is 7.52. The van der Waals surface area contributed by atoms with Gasteiger partial charge in [-0.1, -0.05) is 23.7 Å². The Hall–Kier alpha value is -0.600. The predicted octanol–water partition coefficient (Wildman–Crippen LogP) is 3.85. The Morgan fingerprint density at radius 3 is 2.85 bits per heavy atom. The molecule has 0 bridgehead atoms. The van der Waals surface area contributed by atoms with Gasteiger partial charge in [-0.05, 0) is 19.2 Å². The van der Waals surface area contributed by atoms with Crippen LogP contribution < -0.4 is 0 Å². The highest BCUT2D eigenvalue weighted by Crippen LogP contribution is 2.32. The summed E-state index contributed by atoms with van der Waals surface area (Å²) < 4.78 is 0. The molecular formula is C10H10ClNS. The molecule has 3 heteroatoms. The normalized spacial score (nSPS) is 11.0. The topological polar surface area (TPSA) is 15.8 Å². The number of para-hydroxylation sites is 1. The Balaban J connectivity index is 2.86. The minimum absolute atomic E-state index is 0.793. The highest BCUT2D eigenvalue weighted by Gasteiger charge is 2.08. The Labute approximate surface area is 86.5 Å². The number of rotatable bonds is 1. The summed E-state index contributed by atoms with van der Waals surface area (Å²) >= 11 is 7.81. The van der Waals surface area contributed by atoms with Crippen molar-refractivity contribution in [3.8, 4) is 0 Å². The summed E-state index contributed by atoms with van der Waals surface area (Å²) in [5.41, 5.74) is 2.24. The molecule has 0 saturated heterocycles. The fraction of sp³-hybridized carbons (Fsp3) is 0.200. The molecule has 1 N–H and O–H groups in total. The molecule has 13 heavy (non-hydrogen) atoms. The number of H-pyrrole nitrogens is 1. The average Bonchev–Trinajstić information content (AvgIpc) is 2.43. The second kappa shape index (κ2) is 3.28. The van der Waals surface area contributed by atoms with Gasteiger partial charge in [0.2, 0.25) is 0 Å². The molecule has 1 aromatic carbocycles. The minimum Gasteiger partial charge on any atom is -0.356 e. The molecule has 0 unspecified atom stereocenters. The van der Waals surface area contributed by atoms with E-state index in [2.05, 4.69) is 24.2 Å². The van der Waals surface area contributed by atoms with E-state index in [4.69, 9.17) is 11.6 Å². The minimum atomic E-state index is 0.793. The molecule has 1 nitrogen and oxygen atoms in total. The Bertz CT molecular complexity index is 447. The van der Waals surface area contributed by atoms with E-state index in [0.29, 0.717) is 0 Å². The van der Waals surface area contributed by atoms with Crippen molar-refractivity contribution in [3.63, 3.8) is 0 Å². The Morgan fingerprint density at radius 1 is 1.38 bits per heavy atom. The van der Waals surface area contributed by atoms with Gasteiger partial charge in [-0.3, -0.25) is 0 Å². The lowest BCUT2D eigenvalue weighted by atomic mass is 10.2. The number of aryl methyl sites for hydroxylation is 1. The summed E-state index contributed by atoms with van der Waals surface area (Å²) in [7, 11) is 0. The van der Waals surface area contributed by atoms with Gasteiger partial charge >= 0.3 is 0 Å². The van der Waals surface area contributed by atoms with Crippen LogP contribution in [0.2, 0.25) is 5.02 Å². The van der Waals surface area contributed by atoms with Crippen LogP contribution in [0.1, 0.15) is 5.69 Å². The molecule has 0 spiro atoms. The number of halogens is 1. The number of thioether (sulfide) groups is 1. The van der Waals surface area contributed by atoms with Gasteiger partial charge < -0.3 is 4.98 Å². The van der Waals surface area contributed by atoms with Gasteiger partial charge in [-0.25, -0.2) is 0 Å². The van der Waals surface area contributed by atoms with Crippen LogP contribution in [-0.2, 0) is 0 Å². The van der Waals surface area contributed by atoms with Gasteiger partial charge in [-0.15, -0.1) is 11.8 Å². The van der Waals surface area contributed by atoms with Gasteiger partial charge in [0.05, 0.1) is 10.5 Å². The number of benzene rings is 1. The van der Waals surface area contributed by atoms with Crippen molar-refractivity contribution in [1.29, 1.82) is 0 Å². The quantitative estimate of drug-likeness (QED) is 0.709. The number of hydrogen-bond acceptors (Lipinski definition) is 1. The molecule has 2 aromatic rings. The van der Waals surface area contributed by atoms with Crippen LogP contribution in [0.4, 0.5) is 0 Å². The first kappa shape index (κ1) is 8.97. The standard InChI is InChI=1S/C10H10ClNS/c1-6-10(13-2)7-4-3-5-8(11)9(7)12-6/h3-5,12H,1-2H3.